The van der Waals surface area contributed by atoms with E-state index in [1.54, 1.807) is 29.9 Å². The molecule has 0 unspecified atom stereocenters. The van der Waals surface area contributed by atoms with E-state index in [9.17, 15) is 19.5 Å². The number of ether oxygens (including phenoxy) is 2. The molecule has 3 aromatic heterocycles. The van der Waals surface area contributed by atoms with Gasteiger partial charge in [-0.15, -0.1) is 5.10 Å². The molecule has 0 aliphatic carbocycles. The van der Waals surface area contributed by atoms with Crippen molar-refractivity contribution in [1.82, 2.24) is 29.9 Å². The molecule has 13 heteroatoms. The van der Waals surface area contributed by atoms with Crippen molar-refractivity contribution in [3.8, 4) is 5.75 Å². The van der Waals surface area contributed by atoms with Crippen LogP contribution in [-0.4, -0.2) is 49.5 Å². The number of H-pyrrole nitrogens is 1. The van der Waals surface area contributed by atoms with E-state index in [1.807, 2.05) is 12.1 Å². The fraction of sp³-hybridized carbons (Fsp3) is 0.375. The monoisotopic (exact) mass is 510 g/mol. The van der Waals surface area contributed by atoms with Gasteiger partial charge in [0.25, 0.3) is 5.56 Å². The first-order chi connectivity index (χ1) is 17.9. The number of nitrogens with one attached hydrogen (secondary N) is 2. The van der Waals surface area contributed by atoms with Crippen LogP contribution in [0.15, 0.2) is 55.5 Å². The van der Waals surface area contributed by atoms with Crippen LogP contribution >= 0.6 is 0 Å². The summed E-state index contributed by atoms with van der Waals surface area (Å²) in [6.45, 7) is 1.90. The van der Waals surface area contributed by atoms with E-state index in [2.05, 4.69) is 20.6 Å². The number of aliphatic hydroxyl groups is 1. The Kier molecular flexibility index (Phi) is 6.74. The van der Waals surface area contributed by atoms with Crippen LogP contribution in [0.1, 0.15) is 35.5 Å². The van der Waals surface area contributed by atoms with Crippen molar-refractivity contribution in [3.05, 3.63) is 84.7 Å². The summed E-state index contributed by atoms with van der Waals surface area (Å²) in [5.74, 6) is 0.491. The van der Waals surface area contributed by atoms with Crippen LogP contribution in [0.2, 0.25) is 0 Å². The maximum absolute atomic E-state index is 12.4. The zero-order chi connectivity index (χ0) is 26.1. The first-order valence-electron chi connectivity index (χ1n) is 11.7. The van der Waals surface area contributed by atoms with E-state index < -0.39 is 29.2 Å². The Morgan fingerprint density at radius 3 is 2.86 bits per heavy atom. The molecule has 1 aliphatic rings. The van der Waals surface area contributed by atoms with Crippen LogP contribution in [0.5, 0.6) is 5.75 Å². The van der Waals surface area contributed by atoms with Crippen molar-refractivity contribution in [2.45, 2.75) is 44.8 Å². The Labute approximate surface area is 209 Å². The second kappa shape index (κ2) is 10.1. The summed E-state index contributed by atoms with van der Waals surface area (Å²) in [7, 11) is 1.52. The zero-order valence-corrected chi connectivity index (χ0v) is 20.2. The van der Waals surface area contributed by atoms with Gasteiger partial charge in [-0.2, -0.15) is 0 Å². The van der Waals surface area contributed by atoms with Gasteiger partial charge >= 0.3 is 11.3 Å². The van der Waals surface area contributed by atoms with E-state index >= 15 is 0 Å². The quantitative estimate of drug-likeness (QED) is 0.282. The molecule has 1 fully saturated rings. The molecule has 3 N–H and O–H groups in total. The molecule has 4 aromatic rings. The molecule has 3 atom stereocenters. The van der Waals surface area contributed by atoms with Crippen molar-refractivity contribution < 1.29 is 19.0 Å². The molecule has 1 aromatic carbocycles. The second-order valence-electron chi connectivity index (χ2n) is 8.82. The maximum atomic E-state index is 12.4. The van der Waals surface area contributed by atoms with Crippen LogP contribution in [0.3, 0.4) is 0 Å². The summed E-state index contributed by atoms with van der Waals surface area (Å²) in [6, 6.07) is 6.77. The van der Waals surface area contributed by atoms with E-state index in [-0.39, 0.29) is 19.2 Å². The minimum Gasteiger partial charge on any atom is -0.493 e. The van der Waals surface area contributed by atoms with Gasteiger partial charge < -0.3 is 24.3 Å². The summed E-state index contributed by atoms with van der Waals surface area (Å²) in [5.41, 5.74) is 0.353. The lowest BCUT2D eigenvalue weighted by Crippen LogP contribution is -2.33. The molecular formula is C24H26N6O7. The van der Waals surface area contributed by atoms with E-state index in [0.29, 0.717) is 41.1 Å². The number of fused-ring (bicyclic) bond motifs is 1. The summed E-state index contributed by atoms with van der Waals surface area (Å²) >= 11 is 0. The van der Waals surface area contributed by atoms with Gasteiger partial charge in [-0.1, -0.05) is 17.3 Å². The standard InChI is InChI=1S/C24H26N6O7/c1-13-10-29(24(34)26-22(13)32)20-7-17(19(12-31)36-20)30-11-16(27-28-30)9-25-8-15-6-14-4-3-5-18(35-2)21(14)37-23(15)33/h3-6,10-11,17,19-20,25,31H,7-9,12H2,1-2H3,(H,26,32,34)/t17-,19+,20+/m1/s1. The van der Waals surface area contributed by atoms with Crippen molar-refractivity contribution in [2.24, 2.45) is 0 Å². The first kappa shape index (κ1) is 24.6. The number of rotatable bonds is 8. The summed E-state index contributed by atoms with van der Waals surface area (Å²) < 4.78 is 19.5. The highest BCUT2D eigenvalue weighted by Gasteiger charge is 2.38. The van der Waals surface area contributed by atoms with Crippen molar-refractivity contribution in [1.29, 1.82) is 0 Å². The van der Waals surface area contributed by atoms with E-state index in [0.717, 1.165) is 5.39 Å². The highest BCUT2D eigenvalue weighted by molar-refractivity contribution is 5.82. The Morgan fingerprint density at radius 1 is 1.24 bits per heavy atom. The molecular weight excluding hydrogens is 484 g/mol. The number of aromatic nitrogens is 5. The molecule has 4 heterocycles. The normalized spacial score (nSPS) is 19.5. The lowest BCUT2D eigenvalue weighted by Gasteiger charge is -2.15. The Hall–Kier alpha value is -4.07. The lowest BCUT2D eigenvalue weighted by molar-refractivity contribution is -0.0323. The van der Waals surface area contributed by atoms with Crippen molar-refractivity contribution in [3.63, 3.8) is 0 Å². The van der Waals surface area contributed by atoms with Gasteiger partial charge in [0.05, 0.1) is 37.2 Å². The summed E-state index contributed by atoms with van der Waals surface area (Å²) in [6.07, 6.45) is 2.21. The third-order valence-corrected chi connectivity index (χ3v) is 6.38. The minimum absolute atomic E-state index is 0.255. The first-order valence-corrected chi connectivity index (χ1v) is 11.7. The number of methoxy groups -OCH3 is 1. The van der Waals surface area contributed by atoms with Crippen LogP contribution in [0.4, 0.5) is 0 Å². The summed E-state index contributed by atoms with van der Waals surface area (Å²) in [5, 5.41) is 22.1. The average molecular weight is 511 g/mol. The number of aryl methyl sites for hydroxylation is 1. The van der Waals surface area contributed by atoms with Crippen molar-refractivity contribution >= 4 is 11.0 Å². The predicted octanol–water partition coefficient (Wildman–Crippen LogP) is 0.362. The topological polar surface area (TPSA) is 166 Å². The number of hydrogen-bond acceptors (Lipinski definition) is 10. The predicted molar refractivity (Wildman–Crippen MR) is 130 cm³/mol. The van der Waals surface area contributed by atoms with Crippen LogP contribution in [0, 0.1) is 6.92 Å². The molecule has 0 bridgehead atoms. The number of nitrogens with zero attached hydrogens (tertiary/aromatic N) is 4. The molecule has 13 nitrogen and oxygen atoms in total. The van der Waals surface area contributed by atoms with Gasteiger partial charge in [-0.05, 0) is 19.1 Å². The number of aliphatic hydroxyl groups excluding tert-OH is 1. The molecule has 5 rings (SSSR count). The van der Waals surface area contributed by atoms with Gasteiger partial charge in [0.15, 0.2) is 11.3 Å². The van der Waals surface area contributed by atoms with Crippen LogP contribution < -0.4 is 26.9 Å². The Balaban J connectivity index is 1.26. The van der Waals surface area contributed by atoms with Gasteiger partial charge in [0, 0.05) is 36.7 Å². The fourth-order valence-electron chi connectivity index (χ4n) is 4.45. The van der Waals surface area contributed by atoms with Crippen molar-refractivity contribution in [2.75, 3.05) is 13.7 Å². The molecule has 194 valence electrons. The number of benzene rings is 1. The molecule has 0 spiro atoms. The highest BCUT2D eigenvalue weighted by Crippen LogP contribution is 2.35. The summed E-state index contributed by atoms with van der Waals surface area (Å²) in [4.78, 5) is 38.7. The van der Waals surface area contributed by atoms with E-state index in [4.69, 9.17) is 13.9 Å². The van der Waals surface area contributed by atoms with Gasteiger partial charge in [-0.25, -0.2) is 14.3 Å². The second-order valence-corrected chi connectivity index (χ2v) is 8.82. The fourth-order valence-corrected chi connectivity index (χ4v) is 4.45. The Morgan fingerprint density at radius 2 is 2.08 bits per heavy atom. The lowest BCUT2D eigenvalue weighted by atomic mass is 10.1. The minimum atomic E-state index is -0.679. The smallest absolute Gasteiger partial charge is 0.340 e. The molecule has 37 heavy (non-hydrogen) atoms. The third kappa shape index (κ3) is 4.83. The van der Waals surface area contributed by atoms with Crippen LogP contribution in [0.25, 0.3) is 11.0 Å². The molecule has 0 saturated carbocycles. The number of aromatic amines is 1. The number of hydrogen-bond donors (Lipinski definition) is 3. The average Bonchev–Trinajstić information content (AvgIpc) is 3.53. The maximum Gasteiger partial charge on any atom is 0.340 e. The SMILES string of the molecule is COc1cccc2cc(CNCc3cn([C@@H]4C[C@@H](n5cc(C)c(=O)[nH]c5=O)O[C@H]4CO)nn3)c(=O)oc12. The molecule has 0 amide bonds. The highest BCUT2D eigenvalue weighted by atomic mass is 16.5. The van der Waals surface area contributed by atoms with Gasteiger partial charge in [-0.3, -0.25) is 14.3 Å². The van der Waals surface area contributed by atoms with E-state index in [1.165, 1.54) is 17.9 Å². The zero-order valence-electron chi connectivity index (χ0n) is 20.2. The third-order valence-electron chi connectivity index (χ3n) is 6.38. The number of para-hydroxylation sites is 1. The molecule has 1 aliphatic heterocycles. The Bertz CT molecular complexity index is 1600. The van der Waals surface area contributed by atoms with Gasteiger partial charge in [0.2, 0.25) is 0 Å². The molecule has 0 radical (unpaired) electrons. The largest absolute Gasteiger partial charge is 0.493 e. The van der Waals surface area contributed by atoms with Crippen LogP contribution in [-0.2, 0) is 17.8 Å². The molecule has 1 saturated heterocycles. The van der Waals surface area contributed by atoms with Gasteiger partial charge in [0.1, 0.15) is 12.3 Å².